The number of amides is 1. The lowest BCUT2D eigenvalue weighted by atomic mass is 10.1. The number of hydrogen-bond donors (Lipinski definition) is 0. The molecule has 0 spiro atoms. The molecule has 1 unspecified atom stereocenters. The minimum absolute atomic E-state index is 0.0637. The van der Waals surface area contributed by atoms with Gasteiger partial charge in [0.25, 0.3) is 0 Å². The summed E-state index contributed by atoms with van der Waals surface area (Å²) in [5.41, 5.74) is 1.78. The maximum absolute atomic E-state index is 12.3. The summed E-state index contributed by atoms with van der Waals surface area (Å²) in [5.74, 6) is 1.01. The Morgan fingerprint density at radius 1 is 1.12 bits per heavy atom. The van der Waals surface area contributed by atoms with E-state index in [1.807, 2.05) is 53.4 Å². The van der Waals surface area contributed by atoms with Gasteiger partial charge in [0, 0.05) is 25.7 Å². The number of benzene rings is 1. The monoisotopic (exact) mass is 320 g/mol. The molecule has 1 aliphatic heterocycles. The van der Waals surface area contributed by atoms with Crippen LogP contribution in [0.4, 0.5) is 0 Å². The third-order valence-electron chi connectivity index (χ3n) is 4.12. The Morgan fingerprint density at radius 2 is 1.96 bits per heavy atom. The SMILES string of the molecule is O=C1CC(c2nc(-c3ccccn3)no2)CN1Cc1ccccc1. The van der Waals surface area contributed by atoms with Crippen molar-refractivity contribution in [3.05, 3.63) is 66.2 Å². The minimum Gasteiger partial charge on any atom is -0.339 e. The van der Waals surface area contributed by atoms with Crippen LogP contribution in [0.1, 0.15) is 23.8 Å². The first kappa shape index (κ1) is 14.6. The van der Waals surface area contributed by atoms with E-state index in [0.717, 1.165) is 5.56 Å². The predicted molar refractivity (Wildman–Crippen MR) is 86.7 cm³/mol. The molecule has 0 radical (unpaired) electrons. The van der Waals surface area contributed by atoms with E-state index < -0.39 is 0 Å². The van der Waals surface area contributed by atoms with Gasteiger partial charge in [-0.3, -0.25) is 9.78 Å². The second-order valence-corrected chi connectivity index (χ2v) is 5.83. The van der Waals surface area contributed by atoms with Gasteiger partial charge in [0.2, 0.25) is 17.6 Å². The minimum atomic E-state index is -0.0637. The summed E-state index contributed by atoms with van der Waals surface area (Å²) in [6.45, 7) is 1.20. The van der Waals surface area contributed by atoms with Gasteiger partial charge in [0.1, 0.15) is 5.69 Å². The van der Waals surface area contributed by atoms with Crippen molar-refractivity contribution in [3.8, 4) is 11.5 Å². The summed E-state index contributed by atoms with van der Waals surface area (Å²) in [5, 5.41) is 3.99. The lowest BCUT2D eigenvalue weighted by molar-refractivity contribution is -0.128. The van der Waals surface area contributed by atoms with E-state index in [4.69, 9.17) is 4.52 Å². The Balaban J connectivity index is 1.48. The van der Waals surface area contributed by atoms with Gasteiger partial charge in [0.15, 0.2) is 0 Å². The molecule has 0 bridgehead atoms. The molecule has 1 aliphatic rings. The molecular formula is C18H16N4O2. The van der Waals surface area contributed by atoms with Crippen molar-refractivity contribution in [1.82, 2.24) is 20.0 Å². The van der Waals surface area contributed by atoms with Gasteiger partial charge >= 0.3 is 0 Å². The zero-order chi connectivity index (χ0) is 16.4. The van der Waals surface area contributed by atoms with Gasteiger partial charge in [-0.05, 0) is 17.7 Å². The standard InChI is InChI=1S/C18H16N4O2/c23-16-10-14(12-22(16)11-13-6-2-1-3-7-13)18-20-17(21-24-18)15-8-4-5-9-19-15/h1-9,14H,10-12H2. The lowest BCUT2D eigenvalue weighted by Gasteiger charge is -2.15. The topological polar surface area (TPSA) is 72.1 Å². The molecule has 1 atom stereocenters. The van der Waals surface area contributed by atoms with Crippen LogP contribution in [0.3, 0.4) is 0 Å². The first-order valence-corrected chi connectivity index (χ1v) is 7.86. The summed E-state index contributed by atoms with van der Waals surface area (Å²) in [6.07, 6.45) is 2.09. The summed E-state index contributed by atoms with van der Waals surface area (Å²) < 4.78 is 5.37. The van der Waals surface area contributed by atoms with Crippen molar-refractivity contribution in [2.24, 2.45) is 0 Å². The van der Waals surface area contributed by atoms with Crippen LogP contribution in [0.5, 0.6) is 0 Å². The fourth-order valence-corrected chi connectivity index (χ4v) is 2.89. The van der Waals surface area contributed by atoms with Gasteiger partial charge in [-0.2, -0.15) is 4.98 Å². The molecule has 3 heterocycles. The zero-order valence-electron chi connectivity index (χ0n) is 13.0. The molecule has 1 saturated heterocycles. The second kappa shape index (κ2) is 6.23. The number of nitrogens with zero attached hydrogens (tertiary/aromatic N) is 4. The van der Waals surface area contributed by atoms with Crippen molar-refractivity contribution < 1.29 is 9.32 Å². The van der Waals surface area contributed by atoms with Crippen LogP contribution < -0.4 is 0 Å². The van der Waals surface area contributed by atoms with Crippen LogP contribution in [-0.4, -0.2) is 32.5 Å². The molecule has 6 heteroatoms. The Labute approximate surface area is 139 Å². The molecule has 6 nitrogen and oxygen atoms in total. The summed E-state index contributed by atoms with van der Waals surface area (Å²) >= 11 is 0. The zero-order valence-corrected chi connectivity index (χ0v) is 13.0. The quantitative estimate of drug-likeness (QED) is 0.739. The summed E-state index contributed by atoms with van der Waals surface area (Å²) in [4.78, 5) is 22.7. The highest BCUT2D eigenvalue weighted by Gasteiger charge is 2.34. The number of likely N-dealkylation sites (tertiary alicyclic amines) is 1. The number of carbonyl (C=O) groups excluding carboxylic acids is 1. The van der Waals surface area contributed by atoms with E-state index >= 15 is 0 Å². The van der Waals surface area contributed by atoms with Crippen LogP contribution in [0.2, 0.25) is 0 Å². The number of pyridine rings is 1. The van der Waals surface area contributed by atoms with E-state index in [2.05, 4.69) is 15.1 Å². The van der Waals surface area contributed by atoms with E-state index in [-0.39, 0.29) is 11.8 Å². The third-order valence-corrected chi connectivity index (χ3v) is 4.12. The molecule has 3 aromatic rings. The molecule has 1 aromatic carbocycles. The first-order valence-electron chi connectivity index (χ1n) is 7.86. The Hall–Kier alpha value is -3.02. The van der Waals surface area contributed by atoms with E-state index in [1.54, 1.807) is 6.20 Å². The van der Waals surface area contributed by atoms with Crippen molar-refractivity contribution in [1.29, 1.82) is 0 Å². The summed E-state index contributed by atoms with van der Waals surface area (Å²) in [6, 6.07) is 15.5. The highest BCUT2D eigenvalue weighted by atomic mass is 16.5. The normalized spacial score (nSPS) is 17.4. The van der Waals surface area contributed by atoms with Crippen molar-refractivity contribution in [3.63, 3.8) is 0 Å². The number of aromatic nitrogens is 3. The first-order chi connectivity index (χ1) is 11.8. The number of carbonyl (C=O) groups is 1. The second-order valence-electron chi connectivity index (χ2n) is 5.83. The average molecular weight is 320 g/mol. The highest BCUT2D eigenvalue weighted by molar-refractivity contribution is 5.79. The lowest BCUT2D eigenvalue weighted by Crippen LogP contribution is -2.24. The maximum Gasteiger partial charge on any atom is 0.232 e. The third kappa shape index (κ3) is 2.90. The molecule has 120 valence electrons. The highest BCUT2D eigenvalue weighted by Crippen LogP contribution is 2.29. The Morgan fingerprint density at radius 3 is 2.75 bits per heavy atom. The fourth-order valence-electron chi connectivity index (χ4n) is 2.89. The van der Waals surface area contributed by atoms with Crippen molar-refractivity contribution >= 4 is 5.91 Å². The smallest absolute Gasteiger partial charge is 0.232 e. The molecule has 1 amide bonds. The van der Waals surface area contributed by atoms with Gasteiger partial charge in [-0.1, -0.05) is 41.6 Å². The van der Waals surface area contributed by atoms with E-state index in [1.165, 1.54) is 0 Å². The van der Waals surface area contributed by atoms with Crippen LogP contribution in [0, 0.1) is 0 Å². The fraction of sp³-hybridized carbons (Fsp3) is 0.222. The van der Waals surface area contributed by atoms with E-state index in [0.29, 0.717) is 36.9 Å². The van der Waals surface area contributed by atoms with Crippen LogP contribution >= 0.6 is 0 Å². The molecular weight excluding hydrogens is 304 g/mol. The van der Waals surface area contributed by atoms with Crippen LogP contribution in [0.15, 0.2) is 59.3 Å². The van der Waals surface area contributed by atoms with Crippen LogP contribution in [-0.2, 0) is 11.3 Å². The van der Waals surface area contributed by atoms with Crippen molar-refractivity contribution in [2.75, 3.05) is 6.54 Å². The maximum atomic E-state index is 12.3. The Bertz CT molecular complexity index is 832. The van der Waals surface area contributed by atoms with Crippen molar-refractivity contribution in [2.45, 2.75) is 18.9 Å². The molecule has 4 rings (SSSR count). The molecule has 2 aromatic heterocycles. The van der Waals surface area contributed by atoms with E-state index in [9.17, 15) is 4.79 Å². The largest absolute Gasteiger partial charge is 0.339 e. The van der Waals surface area contributed by atoms with Crippen LogP contribution in [0.25, 0.3) is 11.5 Å². The average Bonchev–Trinajstić information content (AvgIpc) is 3.24. The molecule has 0 N–H and O–H groups in total. The molecule has 0 aliphatic carbocycles. The molecule has 1 fully saturated rings. The predicted octanol–water partition coefficient (Wildman–Crippen LogP) is 2.65. The molecule has 24 heavy (non-hydrogen) atoms. The number of hydrogen-bond acceptors (Lipinski definition) is 5. The molecule has 0 saturated carbocycles. The van der Waals surface area contributed by atoms with Gasteiger partial charge in [0.05, 0.1) is 5.92 Å². The number of rotatable bonds is 4. The van der Waals surface area contributed by atoms with Gasteiger partial charge in [-0.25, -0.2) is 0 Å². The van der Waals surface area contributed by atoms with Gasteiger partial charge in [-0.15, -0.1) is 0 Å². The summed E-state index contributed by atoms with van der Waals surface area (Å²) in [7, 11) is 0. The van der Waals surface area contributed by atoms with Gasteiger partial charge < -0.3 is 9.42 Å². The Kier molecular flexibility index (Phi) is 3.78.